The van der Waals surface area contributed by atoms with E-state index in [1.165, 1.54) is 0 Å². The number of benzene rings is 1. The molecule has 128 valence electrons. The van der Waals surface area contributed by atoms with Gasteiger partial charge in [-0.3, -0.25) is 9.59 Å². The summed E-state index contributed by atoms with van der Waals surface area (Å²) in [7, 11) is 0. The number of para-hydroxylation sites is 1. The Kier molecular flexibility index (Phi) is 4.69. The first-order valence-corrected chi connectivity index (χ1v) is 8.07. The Morgan fingerprint density at radius 2 is 2.04 bits per heavy atom. The first-order chi connectivity index (χ1) is 11.6. The van der Waals surface area contributed by atoms with Crippen molar-refractivity contribution < 1.29 is 23.9 Å². The van der Waals surface area contributed by atoms with Gasteiger partial charge in [0.05, 0.1) is 12.6 Å². The number of carbonyl (C=O) groups excluding carboxylic acids is 3. The Balaban J connectivity index is 1.49. The van der Waals surface area contributed by atoms with Crippen molar-refractivity contribution in [3.8, 4) is 5.75 Å². The molecule has 2 heterocycles. The fourth-order valence-electron chi connectivity index (χ4n) is 2.95. The van der Waals surface area contributed by atoms with Crippen LogP contribution < -0.4 is 4.74 Å². The molecule has 3 rings (SSSR count). The lowest BCUT2D eigenvalue weighted by Gasteiger charge is -2.42. The van der Waals surface area contributed by atoms with Crippen molar-refractivity contribution in [1.82, 2.24) is 9.80 Å². The number of rotatable bonds is 6. The second kappa shape index (κ2) is 6.90. The van der Waals surface area contributed by atoms with Gasteiger partial charge in [0.1, 0.15) is 5.75 Å². The number of imide groups is 1. The fourth-order valence-corrected chi connectivity index (χ4v) is 2.95. The van der Waals surface area contributed by atoms with Crippen LogP contribution in [0.1, 0.15) is 18.9 Å². The van der Waals surface area contributed by atoms with Gasteiger partial charge in [0.2, 0.25) is 5.91 Å². The van der Waals surface area contributed by atoms with E-state index in [-0.39, 0.29) is 24.5 Å². The van der Waals surface area contributed by atoms with E-state index in [4.69, 9.17) is 9.47 Å². The van der Waals surface area contributed by atoms with E-state index in [0.717, 1.165) is 16.2 Å². The minimum absolute atomic E-state index is 0.0116. The normalized spacial score (nSPS) is 17.7. The number of aryl methyl sites for hydroxylation is 1. The molecule has 0 spiro atoms. The standard InChI is InChI=1S/C17H20N2O5/c1-2-23-14-6-4-3-5-12(14)7-8-15(20)18-9-13(10-18)19-16(21)11-24-17(19)22/h3-6,13H,2,7-11H2,1H3. The van der Waals surface area contributed by atoms with Gasteiger partial charge in [-0.25, -0.2) is 9.69 Å². The molecule has 2 aliphatic heterocycles. The summed E-state index contributed by atoms with van der Waals surface area (Å²) >= 11 is 0. The monoisotopic (exact) mass is 332 g/mol. The van der Waals surface area contributed by atoms with Crippen LogP contribution in [0.3, 0.4) is 0 Å². The maximum Gasteiger partial charge on any atom is 0.417 e. The number of hydrogen-bond acceptors (Lipinski definition) is 5. The number of nitrogens with zero attached hydrogens (tertiary/aromatic N) is 2. The summed E-state index contributed by atoms with van der Waals surface area (Å²) in [4.78, 5) is 38.1. The third-order valence-electron chi connectivity index (χ3n) is 4.25. The quantitative estimate of drug-likeness (QED) is 0.782. The summed E-state index contributed by atoms with van der Waals surface area (Å²) in [5.41, 5.74) is 1.00. The summed E-state index contributed by atoms with van der Waals surface area (Å²) < 4.78 is 10.2. The zero-order chi connectivity index (χ0) is 17.1. The number of likely N-dealkylation sites (tertiary alicyclic amines) is 1. The lowest BCUT2D eigenvalue weighted by Crippen LogP contribution is -2.62. The minimum atomic E-state index is -0.609. The van der Waals surface area contributed by atoms with Crippen molar-refractivity contribution >= 4 is 17.9 Å². The molecule has 2 aliphatic rings. The Hall–Kier alpha value is -2.57. The average molecular weight is 332 g/mol. The molecule has 0 saturated carbocycles. The Morgan fingerprint density at radius 3 is 2.71 bits per heavy atom. The van der Waals surface area contributed by atoms with Crippen LogP contribution in [-0.2, 0) is 20.7 Å². The minimum Gasteiger partial charge on any atom is -0.494 e. The molecule has 1 aromatic carbocycles. The molecule has 3 amide bonds. The van der Waals surface area contributed by atoms with E-state index >= 15 is 0 Å². The van der Waals surface area contributed by atoms with Crippen molar-refractivity contribution in [2.45, 2.75) is 25.8 Å². The number of ether oxygens (including phenoxy) is 2. The molecule has 0 atom stereocenters. The summed E-state index contributed by atoms with van der Waals surface area (Å²) in [5, 5.41) is 0. The second-order valence-corrected chi connectivity index (χ2v) is 5.81. The van der Waals surface area contributed by atoms with Crippen LogP contribution in [0.25, 0.3) is 0 Å². The average Bonchev–Trinajstić information content (AvgIpc) is 2.85. The highest BCUT2D eigenvalue weighted by Gasteiger charge is 2.44. The van der Waals surface area contributed by atoms with Crippen molar-refractivity contribution in [2.24, 2.45) is 0 Å². The number of amides is 3. The van der Waals surface area contributed by atoms with Crippen molar-refractivity contribution in [1.29, 1.82) is 0 Å². The van der Waals surface area contributed by atoms with E-state index in [1.807, 2.05) is 31.2 Å². The summed E-state index contributed by atoms with van der Waals surface area (Å²) in [6, 6.07) is 7.42. The number of hydrogen-bond donors (Lipinski definition) is 0. The SMILES string of the molecule is CCOc1ccccc1CCC(=O)N1CC(N2C(=O)COC2=O)C1. The topological polar surface area (TPSA) is 76.2 Å². The maximum absolute atomic E-state index is 12.3. The maximum atomic E-state index is 12.3. The van der Waals surface area contributed by atoms with Crippen LogP contribution in [0, 0.1) is 0 Å². The van der Waals surface area contributed by atoms with Gasteiger partial charge in [0.15, 0.2) is 6.61 Å². The molecule has 0 aliphatic carbocycles. The molecule has 7 nitrogen and oxygen atoms in total. The summed E-state index contributed by atoms with van der Waals surface area (Å²) in [6.45, 7) is 3.07. The van der Waals surface area contributed by atoms with Gasteiger partial charge in [-0.1, -0.05) is 18.2 Å². The third kappa shape index (κ3) is 3.20. The van der Waals surface area contributed by atoms with E-state index in [1.54, 1.807) is 4.90 Å². The van der Waals surface area contributed by atoms with Gasteiger partial charge in [0.25, 0.3) is 5.91 Å². The van der Waals surface area contributed by atoms with Crippen LogP contribution >= 0.6 is 0 Å². The van der Waals surface area contributed by atoms with Crippen LogP contribution in [0.15, 0.2) is 24.3 Å². The smallest absolute Gasteiger partial charge is 0.417 e. The second-order valence-electron chi connectivity index (χ2n) is 5.81. The molecular weight excluding hydrogens is 312 g/mol. The predicted molar refractivity (Wildman–Crippen MR) is 84.5 cm³/mol. The van der Waals surface area contributed by atoms with E-state index in [9.17, 15) is 14.4 Å². The summed E-state index contributed by atoms with van der Waals surface area (Å²) in [6.07, 6.45) is 0.360. The first kappa shape index (κ1) is 16.3. The van der Waals surface area contributed by atoms with Crippen LogP contribution in [-0.4, -0.2) is 60.1 Å². The molecular formula is C17H20N2O5. The molecule has 7 heteroatoms. The molecule has 0 unspecified atom stereocenters. The fraction of sp³-hybridized carbons (Fsp3) is 0.471. The van der Waals surface area contributed by atoms with Gasteiger partial charge in [-0.2, -0.15) is 0 Å². The largest absolute Gasteiger partial charge is 0.494 e. The highest BCUT2D eigenvalue weighted by molar-refractivity contribution is 5.98. The van der Waals surface area contributed by atoms with Crippen LogP contribution in [0.5, 0.6) is 5.75 Å². The Bertz CT molecular complexity index is 638. The zero-order valence-electron chi connectivity index (χ0n) is 13.6. The molecule has 0 bridgehead atoms. The lowest BCUT2D eigenvalue weighted by molar-refractivity contribution is -0.142. The molecule has 2 saturated heterocycles. The molecule has 0 N–H and O–H groups in total. The Morgan fingerprint density at radius 1 is 1.29 bits per heavy atom. The van der Waals surface area contributed by atoms with Gasteiger partial charge >= 0.3 is 6.09 Å². The third-order valence-corrected chi connectivity index (χ3v) is 4.25. The van der Waals surface area contributed by atoms with Gasteiger partial charge in [0, 0.05) is 19.5 Å². The molecule has 24 heavy (non-hydrogen) atoms. The molecule has 0 radical (unpaired) electrons. The zero-order valence-corrected chi connectivity index (χ0v) is 13.6. The molecule has 1 aromatic rings. The predicted octanol–water partition coefficient (Wildman–Crippen LogP) is 1.21. The number of carbonyl (C=O) groups is 3. The van der Waals surface area contributed by atoms with Crippen molar-refractivity contribution in [3.63, 3.8) is 0 Å². The van der Waals surface area contributed by atoms with Gasteiger partial charge in [-0.15, -0.1) is 0 Å². The summed E-state index contributed by atoms with van der Waals surface area (Å²) in [5.74, 6) is 0.486. The van der Waals surface area contributed by atoms with Crippen molar-refractivity contribution in [2.75, 3.05) is 26.3 Å². The highest BCUT2D eigenvalue weighted by Crippen LogP contribution is 2.23. The lowest BCUT2D eigenvalue weighted by atomic mass is 10.0. The van der Waals surface area contributed by atoms with Gasteiger partial charge in [-0.05, 0) is 25.0 Å². The molecule has 2 fully saturated rings. The van der Waals surface area contributed by atoms with E-state index < -0.39 is 6.09 Å². The van der Waals surface area contributed by atoms with Crippen LogP contribution in [0.2, 0.25) is 0 Å². The van der Waals surface area contributed by atoms with E-state index in [0.29, 0.717) is 32.5 Å². The molecule has 0 aromatic heterocycles. The number of cyclic esters (lactones) is 1. The van der Waals surface area contributed by atoms with Gasteiger partial charge < -0.3 is 14.4 Å². The highest BCUT2D eigenvalue weighted by atomic mass is 16.6. The first-order valence-electron chi connectivity index (χ1n) is 8.07. The van der Waals surface area contributed by atoms with Crippen LogP contribution in [0.4, 0.5) is 4.79 Å². The van der Waals surface area contributed by atoms with Crippen molar-refractivity contribution in [3.05, 3.63) is 29.8 Å². The Labute approximate surface area is 140 Å². The van der Waals surface area contributed by atoms with E-state index in [2.05, 4.69) is 0 Å².